The highest BCUT2D eigenvalue weighted by Gasteiger charge is 2.35. The van der Waals surface area contributed by atoms with E-state index in [1.165, 1.54) is 19.1 Å². The second-order valence-corrected chi connectivity index (χ2v) is 7.60. The number of amides is 2. The van der Waals surface area contributed by atoms with E-state index in [-0.39, 0.29) is 28.7 Å². The number of carbonyl (C=O) groups excluding carboxylic acids is 2. The molecule has 10 heteroatoms. The Balaban J connectivity index is 2.02. The number of aliphatic carboxylic acids is 1. The lowest BCUT2D eigenvalue weighted by atomic mass is 10.1. The molecule has 0 unspecified atom stereocenters. The summed E-state index contributed by atoms with van der Waals surface area (Å²) in [5.41, 5.74) is 3.32. The largest absolute Gasteiger partial charge is 0.490 e. The van der Waals surface area contributed by atoms with Crippen LogP contribution >= 0.6 is 27.5 Å². The van der Waals surface area contributed by atoms with Gasteiger partial charge in [-0.15, -0.1) is 0 Å². The topological polar surface area (TPSA) is 105 Å². The summed E-state index contributed by atoms with van der Waals surface area (Å²) in [7, 11) is 0. The molecule has 3 rings (SSSR count). The van der Waals surface area contributed by atoms with E-state index in [0.717, 1.165) is 5.01 Å². The first-order chi connectivity index (χ1) is 14.7. The van der Waals surface area contributed by atoms with E-state index in [1.807, 2.05) is 0 Å². The van der Waals surface area contributed by atoms with Crippen molar-refractivity contribution in [2.75, 3.05) is 11.6 Å². The fourth-order valence-electron chi connectivity index (χ4n) is 2.78. The minimum Gasteiger partial charge on any atom is -0.490 e. The number of ether oxygens (including phenoxy) is 2. The van der Waals surface area contributed by atoms with Gasteiger partial charge in [-0.1, -0.05) is 29.8 Å². The average Bonchev–Trinajstić information content (AvgIpc) is 3.03. The first-order valence-corrected chi connectivity index (χ1v) is 10.4. The molecule has 162 valence electrons. The number of benzene rings is 2. The Morgan fingerprint density at radius 2 is 2.00 bits per heavy atom. The van der Waals surface area contributed by atoms with Gasteiger partial charge in [-0.25, -0.2) is 9.80 Å². The van der Waals surface area contributed by atoms with E-state index < -0.39 is 23.9 Å². The lowest BCUT2D eigenvalue weighted by molar-refractivity contribution is -0.144. The van der Waals surface area contributed by atoms with Crippen LogP contribution in [0.25, 0.3) is 6.08 Å². The smallest absolute Gasteiger partial charge is 0.344 e. The SMILES string of the molecule is CCOc1cc(/C=C2/C(=O)NN(c3ccccc3)C2=O)c(Br)c(Cl)c1O[C@H](C)C(=O)O. The van der Waals surface area contributed by atoms with Crippen molar-refractivity contribution in [2.45, 2.75) is 20.0 Å². The number of carboxylic acids is 1. The highest BCUT2D eigenvalue weighted by atomic mass is 79.9. The van der Waals surface area contributed by atoms with Gasteiger partial charge < -0.3 is 14.6 Å². The lowest BCUT2D eigenvalue weighted by Gasteiger charge is -2.18. The van der Waals surface area contributed by atoms with Crippen LogP contribution in [0.3, 0.4) is 0 Å². The second-order valence-electron chi connectivity index (χ2n) is 6.43. The number of rotatable bonds is 7. The van der Waals surface area contributed by atoms with Crippen molar-refractivity contribution in [3.8, 4) is 11.5 Å². The summed E-state index contributed by atoms with van der Waals surface area (Å²) in [5, 5.41) is 10.3. The van der Waals surface area contributed by atoms with Crippen LogP contribution < -0.4 is 19.9 Å². The number of hydrazine groups is 1. The van der Waals surface area contributed by atoms with Crippen LogP contribution in [0.5, 0.6) is 11.5 Å². The zero-order valence-electron chi connectivity index (χ0n) is 16.5. The molecule has 8 nitrogen and oxygen atoms in total. The normalized spacial score (nSPS) is 15.7. The van der Waals surface area contributed by atoms with Gasteiger partial charge in [-0.3, -0.25) is 15.0 Å². The van der Waals surface area contributed by atoms with E-state index >= 15 is 0 Å². The number of hydrogen-bond acceptors (Lipinski definition) is 5. The third-order valence-electron chi connectivity index (χ3n) is 4.30. The van der Waals surface area contributed by atoms with Gasteiger partial charge in [-0.2, -0.15) is 0 Å². The van der Waals surface area contributed by atoms with Gasteiger partial charge in [0.05, 0.1) is 12.3 Å². The number of halogens is 2. The van der Waals surface area contributed by atoms with Crippen LogP contribution in [0.15, 0.2) is 46.4 Å². The molecule has 31 heavy (non-hydrogen) atoms. The molecule has 1 aliphatic heterocycles. The molecule has 0 spiro atoms. The third kappa shape index (κ3) is 4.67. The highest BCUT2D eigenvalue weighted by Crippen LogP contribution is 2.44. The molecular formula is C21H18BrClN2O6. The summed E-state index contributed by atoms with van der Waals surface area (Å²) < 4.78 is 11.3. The monoisotopic (exact) mass is 508 g/mol. The Hall–Kier alpha value is -3.04. The highest BCUT2D eigenvalue weighted by molar-refractivity contribution is 9.10. The quantitative estimate of drug-likeness (QED) is 0.434. The van der Waals surface area contributed by atoms with Crippen LogP contribution in [0.2, 0.25) is 5.02 Å². The third-order valence-corrected chi connectivity index (χ3v) is 5.75. The van der Waals surface area contributed by atoms with Gasteiger partial charge >= 0.3 is 5.97 Å². The van der Waals surface area contributed by atoms with Crippen LogP contribution in [0.1, 0.15) is 19.4 Å². The van der Waals surface area contributed by atoms with Crippen molar-refractivity contribution in [3.05, 3.63) is 57.0 Å². The van der Waals surface area contributed by atoms with Crippen molar-refractivity contribution in [1.29, 1.82) is 0 Å². The molecule has 0 aliphatic carbocycles. The average molecular weight is 510 g/mol. The van der Waals surface area contributed by atoms with Gasteiger partial charge in [-0.05, 0) is 59.6 Å². The Morgan fingerprint density at radius 3 is 2.61 bits per heavy atom. The van der Waals surface area contributed by atoms with Gasteiger partial charge in [0.15, 0.2) is 17.6 Å². The first kappa shape index (κ1) is 22.6. The van der Waals surface area contributed by atoms with E-state index in [9.17, 15) is 14.4 Å². The fourth-order valence-corrected chi connectivity index (χ4v) is 3.44. The summed E-state index contributed by atoms with van der Waals surface area (Å²) in [6.07, 6.45) is 0.207. The number of nitrogens with zero attached hydrogens (tertiary/aromatic N) is 1. The van der Waals surface area contributed by atoms with Crippen molar-refractivity contribution >= 4 is 57.1 Å². The molecule has 0 aromatic heterocycles. The molecule has 1 aliphatic rings. The number of para-hydroxylation sites is 1. The molecule has 1 fully saturated rings. The second kappa shape index (κ2) is 9.40. The molecule has 2 aromatic rings. The van der Waals surface area contributed by atoms with Crippen LogP contribution in [0, 0.1) is 0 Å². The number of hydrogen-bond donors (Lipinski definition) is 2. The zero-order chi connectivity index (χ0) is 22.7. The Bertz CT molecular complexity index is 1070. The predicted molar refractivity (Wildman–Crippen MR) is 118 cm³/mol. The fraction of sp³-hybridized carbons (Fsp3) is 0.190. The predicted octanol–water partition coefficient (Wildman–Crippen LogP) is 3.81. The molecule has 1 atom stereocenters. The van der Waals surface area contributed by atoms with Crippen molar-refractivity contribution in [2.24, 2.45) is 0 Å². The van der Waals surface area contributed by atoms with Gasteiger partial charge in [0.2, 0.25) is 0 Å². The first-order valence-electron chi connectivity index (χ1n) is 9.21. The number of carbonyl (C=O) groups is 3. The zero-order valence-corrected chi connectivity index (χ0v) is 18.9. The van der Waals surface area contributed by atoms with Crippen molar-refractivity contribution in [3.63, 3.8) is 0 Å². The molecule has 1 saturated heterocycles. The minimum atomic E-state index is -1.17. The summed E-state index contributed by atoms with van der Waals surface area (Å²) in [5.74, 6) is -2.05. The number of carboxylic acid groups (broad SMARTS) is 1. The molecule has 0 saturated carbocycles. The van der Waals surface area contributed by atoms with Crippen LogP contribution in [0.4, 0.5) is 5.69 Å². The minimum absolute atomic E-state index is 0.0422. The summed E-state index contributed by atoms with van der Waals surface area (Å²) in [6.45, 7) is 3.36. The van der Waals surface area contributed by atoms with Crippen molar-refractivity contribution < 1.29 is 29.0 Å². The van der Waals surface area contributed by atoms with Crippen LogP contribution in [-0.2, 0) is 14.4 Å². The van der Waals surface area contributed by atoms with E-state index in [2.05, 4.69) is 21.4 Å². The number of anilines is 1. The standard InChI is InChI=1S/C21H18BrClN2O6/c1-3-30-15-10-12(16(22)17(23)18(15)31-11(2)21(28)29)9-14-19(26)24-25(20(14)27)13-7-5-4-6-8-13/h4-11H,3H2,1-2H3,(H,24,26)(H,28,29)/b14-9-/t11-/m1/s1. The molecular weight excluding hydrogens is 492 g/mol. The maximum absolute atomic E-state index is 12.8. The molecule has 0 bridgehead atoms. The van der Waals surface area contributed by atoms with Crippen molar-refractivity contribution in [1.82, 2.24) is 5.43 Å². The van der Waals surface area contributed by atoms with Gasteiger partial charge in [0.25, 0.3) is 11.8 Å². The van der Waals surface area contributed by atoms with Gasteiger partial charge in [0.1, 0.15) is 10.6 Å². The summed E-state index contributed by atoms with van der Waals surface area (Å²) in [4.78, 5) is 36.4. The lowest BCUT2D eigenvalue weighted by Crippen LogP contribution is -2.35. The Morgan fingerprint density at radius 1 is 1.32 bits per heavy atom. The van der Waals surface area contributed by atoms with E-state index in [1.54, 1.807) is 37.3 Å². The summed E-state index contributed by atoms with van der Waals surface area (Å²) >= 11 is 9.74. The Labute approximate surface area is 191 Å². The molecule has 2 N–H and O–H groups in total. The van der Waals surface area contributed by atoms with Gasteiger partial charge in [0, 0.05) is 4.47 Å². The molecule has 2 aromatic carbocycles. The van der Waals surface area contributed by atoms with Crippen LogP contribution in [-0.4, -0.2) is 35.6 Å². The maximum atomic E-state index is 12.8. The molecule has 1 heterocycles. The summed E-state index contributed by atoms with van der Waals surface area (Å²) in [6, 6.07) is 10.2. The molecule has 0 radical (unpaired) electrons. The maximum Gasteiger partial charge on any atom is 0.344 e. The number of nitrogens with one attached hydrogen (secondary N) is 1. The molecule has 2 amide bonds. The van der Waals surface area contributed by atoms with E-state index in [4.69, 9.17) is 26.2 Å². The Kier molecular flexibility index (Phi) is 6.87. The van der Waals surface area contributed by atoms with E-state index in [0.29, 0.717) is 15.7 Å².